The van der Waals surface area contributed by atoms with E-state index in [2.05, 4.69) is 35.1 Å². The predicted octanol–water partition coefficient (Wildman–Crippen LogP) is 3.08. The van der Waals surface area contributed by atoms with E-state index in [1.54, 1.807) is 0 Å². The van der Waals surface area contributed by atoms with Crippen LogP contribution in [-0.4, -0.2) is 22.7 Å². The van der Waals surface area contributed by atoms with E-state index in [1.165, 1.54) is 29.8 Å². The van der Waals surface area contributed by atoms with Gasteiger partial charge in [0.2, 0.25) is 0 Å². The molecule has 0 aromatic carbocycles. The molecule has 1 fully saturated rings. The Morgan fingerprint density at radius 3 is 2.55 bits per heavy atom. The Labute approximate surface area is 121 Å². The van der Waals surface area contributed by atoms with Crippen LogP contribution in [0.5, 0.6) is 0 Å². The van der Waals surface area contributed by atoms with E-state index in [0.29, 0.717) is 6.54 Å². The summed E-state index contributed by atoms with van der Waals surface area (Å²) < 4.78 is 2.45. The molecule has 0 bridgehead atoms. The van der Waals surface area contributed by atoms with Crippen molar-refractivity contribution in [1.82, 2.24) is 15.2 Å². The number of hydrogen-bond donors (Lipinski definition) is 2. The first-order chi connectivity index (χ1) is 9.28. The van der Waals surface area contributed by atoms with Crippen LogP contribution in [0.3, 0.4) is 0 Å². The first kappa shape index (κ1) is 14.9. The molecule has 0 radical (unpaired) electrons. The van der Waals surface area contributed by atoms with Crippen molar-refractivity contribution >= 4 is 6.03 Å². The molecular weight excluding hydrogens is 250 g/mol. The number of amides is 2. The van der Waals surface area contributed by atoms with Crippen LogP contribution in [0, 0.1) is 13.8 Å². The summed E-state index contributed by atoms with van der Waals surface area (Å²) in [6, 6.07) is 2.89. The van der Waals surface area contributed by atoms with Gasteiger partial charge in [-0.05, 0) is 65.5 Å². The lowest BCUT2D eigenvalue weighted by Crippen LogP contribution is -2.46. The first-order valence-corrected chi connectivity index (χ1v) is 7.51. The summed E-state index contributed by atoms with van der Waals surface area (Å²) >= 11 is 0. The van der Waals surface area contributed by atoms with Crippen molar-refractivity contribution in [1.29, 1.82) is 0 Å². The summed E-state index contributed by atoms with van der Waals surface area (Å²) in [5.41, 5.74) is 3.87. The highest BCUT2D eigenvalue weighted by molar-refractivity contribution is 5.74. The molecule has 1 aromatic rings. The quantitative estimate of drug-likeness (QED) is 0.873. The fourth-order valence-electron chi connectivity index (χ4n) is 2.69. The lowest BCUT2D eigenvalue weighted by Gasteiger charge is -2.20. The molecule has 0 atom stereocenters. The summed E-state index contributed by atoms with van der Waals surface area (Å²) in [5, 5.41) is 5.84. The molecule has 4 heteroatoms. The van der Waals surface area contributed by atoms with Crippen LogP contribution in [0.2, 0.25) is 0 Å². The van der Waals surface area contributed by atoms with E-state index in [-0.39, 0.29) is 11.6 Å². The molecule has 1 aliphatic carbocycles. The van der Waals surface area contributed by atoms with Crippen molar-refractivity contribution in [3.63, 3.8) is 0 Å². The minimum Gasteiger partial charge on any atom is -0.346 e. The molecule has 2 rings (SSSR count). The predicted molar refractivity (Wildman–Crippen MR) is 82.2 cm³/mol. The molecule has 0 aliphatic heterocycles. The second-order valence-corrected chi connectivity index (χ2v) is 6.88. The van der Waals surface area contributed by atoms with E-state index in [0.717, 1.165) is 12.5 Å². The van der Waals surface area contributed by atoms with Gasteiger partial charge in [-0.15, -0.1) is 0 Å². The zero-order valence-electron chi connectivity index (χ0n) is 13.3. The van der Waals surface area contributed by atoms with Crippen molar-refractivity contribution in [2.45, 2.75) is 65.5 Å². The summed E-state index contributed by atoms with van der Waals surface area (Å²) in [7, 11) is 0. The van der Waals surface area contributed by atoms with Crippen molar-refractivity contribution in [3.05, 3.63) is 23.0 Å². The van der Waals surface area contributed by atoms with Gasteiger partial charge in [0, 0.05) is 29.5 Å². The highest BCUT2D eigenvalue weighted by atomic mass is 16.2. The number of nitrogens with zero attached hydrogens (tertiary/aromatic N) is 1. The summed E-state index contributed by atoms with van der Waals surface area (Å²) in [4.78, 5) is 11.7. The van der Waals surface area contributed by atoms with Gasteiger partial charge < -0.3 is 15.2 Å². The van der Waals surface area contributed by atoms with Crippen LogP contribution < -0.4 is 10.6 Å². The van der Waals surface area contributed by atoms with Gasteiger partial charge in [0.15, 0.2) is 0 Å². The molecule has 112 valence electrons. The molecule has 1 heterocycles. The Morgan fingerprint density at radius 2 is 2.00 bits per heavy atom. The van der Waals surface area contributed by atoms with Gasteiger partial charge in [-0.3, -0.25) is 0 Å². The lowest BCUT2D eigenvalue weighted by atomic mass is 10.1. The summed E-state index contributed by atoms with van der Waals surface area (Å²) in [6.07, 6.45) is 3.51. The van der Waals surface area contributed by atoms with Crippen LogP contribution in [-0.2, 0) is 6.42 Å². The monoisotopic (exact) mass is 277 g/mol. The number of urea groups is 1. The number of aromatic nitrogens is 1. The van der Waals surface area contributed by atoms with Crippen LogP contribution >= 0.6 is 0 Å². The maximum atomic E-state index is 11.7. The molecule has 0 unspecified atom stereocenters. The molecule has 0 saturated heterocycles. The second-order valence-electron chi connectivity index (χ2n) is 6.88. The Balaban J connectivity index is 1.86. The molecular formula is C16H27N3O. The zero-order chi connectivity index (χ0) is 14.9. The molecule has 2 amide bonds. The lowest BCUT2D eigenvalue weighted by molar-refractivity contribution is 0.232. The van der Waals surface area contributed by atoms with Gasteiger partial charge in [-0.2, -0.15) is 0 Å². The van der Waals surface area contributed by atoms with Crippen LogP contribution in [0.15, 0.2) is 6.07 Å². The third-order valence-corrected chi connectivity index (χ3v) is 3.67. The highest BCUT2D eigenvalue weighted by Crippen LogP contribution is 2.38. The topological polar surface area (TPSA) is 46.1 Å². The van der Waals surface area contributed by atoms with Crippen molar-refractivity contribution in [3.8, 4) is 0 Å². The van der Waals surface area contributed by atoms with Crippen molar-refractivity contribution < 1.29 is 4.79 Å². The molecule has 1 saturated carbocycles. The molecule has 0 spiro atoms. The van der Waals surface area contributed by atoms with E-state index in [9.17, 15) is 4.79 Å². The number of nitrogens with one attached hydrogen (secondary N) is 2. The minimum absolute atomic E-state index is 0.0894. The third kappa shape index (κ3) is 3.78. The average molecular weight is 277 g/mol. The van der Waals surface area contributed by atoms with E-state index >= 15 is 0 Å². The van der Waals surface area contributed by atoms with Gasteiger partial charge in [-0.1, -0.05) is 0 Å². The Morgan fingerprint density at radius 1 is 1.35 bits per heavy atom. The molecule has 4 nitrogen and oxygen atoms in total. The molecule has 2 N–H and O–H groups in total. The van der Waals surface area contributed by atoms with Gasteiger partial charge in [0.25, 0.3) is 0 Å². The molecule has 1 aliphatic rings. The van der Waals surface area contributed by atoms with E-state index < -0.39 is 0 Å². The fourth-order valence-corrected chi connectivity index (χ4v) is 2.69. The van der Waals surface area contributed by atoms with E-state index in [4.69, 9.17) is 0 Å². The highest BCUT2D eigenvalue weighted by Gasteiger charge is 2.26. The van der Waals surface area contributed by atoms with Gasteiger partial charge >= 0.3 is 6.03 Å². The fraction of sp³-hybridized carbons (Fsp3) is 0.688. The maximum Gasteiger partial charge on any atom is 0.315 e. The van der Waals surface area contributed by atoms with Crippen LogP contribution in [0.4, 0.5) is 4.79 Å². The van der Waals surface area contributed by atoms with Crippen LogP contribution in [0.25, 0.3) is 0 Å². The summed E-state index contributed by atoms with van der Waals surface area (Å²) in [5.74, 6) is 0. The molecule has 1 aromatic heterocycles. The first-order valence-electron chi connectivity index (χ1n) is 7.51. The second kappa shape index (κ2) is 5.51. The van der Waals surface area contributed by atoms with Crippen molar-refractivity contribution in [2.24, 2.45) is 0 Å². The largest absolute Gasteiger partial charge is 0.346 e. The Hall–Kier alpha value is -1.45. The zero-order valence-corrected chi connectivity index (χ0v) is 13.3. The van der Waals surface area contributed by atoms with Crippen LogP contribution in [0.1, 0.15) is 56.6 Å². The number of rotatable bonds is 4. The number of carbonyl (C=O) groups excluding carboxylic acids is 1. The maximum absolute atomic E-state index is 11.7. The van der Waals surface area contributed by atoms with Gasteiger partial charge in [0.1, 0.15) is 0 Å². The third-order valence-electron chi connectivity index (χ3n) is 3.67. The average Bonchev–Trinajstić information content (AvgIpc) is 3.05. The van der Waals surface area contributed by atoms with Gasteiger partial charge in [0.05, 0.1) is 0 Å². The SMILES string of the molecule is Cc1cc(CCNC(=O)NC(C)(C)C)c(C)n1C1CC1. The normalized spacial score (nSPS) is 15.2. The summed E-state index contributed by atoms with van der Waals surface area (Å²) in [6.45, 7) is 11.0. The Kier molecular flexibility index (Phi) is 4.11. The van der Waals surface area contributed by atoms with Gasteiger partial charge in [-0.25, -0.2) is 4.79 Å². The number of aryl methyl sites for hydroxylation is 1. The standard InChI is InChI=1S/C16H27N3O/c1-11-10-13(12(2)19(11)14-6-7-14)8-9-17-15(20)18-16(3,4)5/h10,14H,6-9H2,1-5H3,(H2,17,18,20). The smallest absolute Gasteiger partial charge is 0.315 e. The van der Waals surface area contributed by atoms with E-state index in [1.807, 2.05) is 20.8 Å². The molecule has 20 heavy (non-hydrogen) atoms. The number of hydrogen-bond acceptors (Lipinski definition) is 1. The van der Waals surface area contributed by atoms with Crippen molar-refractivity contribution in [2.75, 3.05) is 6.54 Å². The Bertz CT molecular complexity index is 493. The minimum atomic E-state index is -0.189. The number of carbonyl (C=O) groups is 1.